The SMILES string of the molecule is C=Cc1cc[nH]c1/C(=N\C(=N)c1cccc(OC)n1)Nc1ccncc1F. The molecule has 3 N–H and O–H groups in total. The van der Waals surface area contributed by atoms with E-state index >= 15 is 0 Å². The molecule has 0 atom stereocenters. The first-order valence-corrected chi connectivity index (χ1v) is 7.97. The normalized spacial score (nSPS) is 11.1. The number of hydrogen-bond acceptors (Lipinski definition) is 4. The number of nitrogens with one attached hydrogen (secondary N) is 3. The number of aromatic amines is 1. The lowest BCUT2D eigenvalue weighted by atomic mass is 10.2. The highest BCUT2D eigenvalue weighted by Crippen LogP contribution is 2.17. The molecular weight excluding hydrogens is 347 g/mol. The highest BCUT2D eigenvalue weighted by molar-refractivity contribution is 6.15. The topological polar surface area (TPSA) is 99.0 Å². The van der Waals surface area contributed by atoms with Crippen LogP contribution in [0.2, 0.25) is 0 Å². The Balaban J connectivity index is 2.03. The molecule has 3 aromatic rings. The molecule has 27 heavy (non-hydrogen) atoms. The number of ether oxygens (including phenoxy) is 1. The first-order chi connectivity index (χ1) is 13.1. The van der Waals surface area contributed by atoms with Gasteiger partial charge in [-0.1, -0.05) is 18.7 Å². The van der Waals surface area contributed by atoms with Crippen LogP contribution in [0, 0.1) is 11.2 Å². The summed E-state index contributed by atoms with van der Waals surface area (Å²) in [6.07, 6.45) is 5.90. The second kappa shape index (κ2) is 8.05. The average Bonchev–Trinajstić information content (AvgIpc) is 3.18. The molecule has 0 aliphatic heterocycles. The van der Waals surface area contributed by atoms with Crippen molar-refractivity contribution in [3.8, 4) is 5.88 Å². The fourth-order valence-electron chi connectivity index (χ4n) is 2.34. The maximum absolute atomic E-state index is 14.0. The molecule has 3 rings (SSSR count). The molecule has 0 amide bonds. The Kier molecular flexibility index (Phi) is 5.36. The van der Waals surface area contributed by atoms with E-state index in [9.17, 15) is 4.39 Å². The zero-order valence-corrected chi connectivity index (χ0v) is 14.5. The van der Waals surface area contributed by atoms with Crippen molar-refractivity contribution in [3.63, 3.8) is 0 Å². The van der Waals surface area contributed by atoms with Crippen molar-refractivity contribution in [2.45, 2.75) is 0 Å². The standard InChI is InChI=1S/C19H17FN6O/c1-3-12-7-10-23-17(12)19(25-14-8-9-22-11-13(14)20)26-18(21)15-5-4-6-16(24-15)27-2/h3-11,23H,1H2,2H3,(H2,21,22,25,26). The van der Waals surface area contributed by atoms with Gasteiger partial charge in [-0.3, -0.25) is 10.4 Å². The van der Waals surface area contributed by atoms with Gasteiger partial charge in [-0.2, -0.15) is 0 Å². The number of aliphatic imine (C=N–C) groups is 1. The number of hydrogen-bond donors (Lipinski definition) is 3. The summed E-state index contributed by atoms with van der Waals surface area (Å²) in [7, 11) is 1.49. The predicted octanol–water partition coefficient (Wildman–Crippen LogP) is 3.48. The number of methoxy groups -OCH3 is 1. The second-order valence-electron chi connectivity index (χ2n) is 5.37. The number of amidine groups is 2. The van der Waals surface area contributed by atoms with Gasteiger partial charge in [-0.25, -0.2) is 14.4 Å². The first-order valence-electron chi connectivity index (χ1n) is 7.97. The number of anilines is 1. The molecule has 0 aromatic carbocycles. The van der Waals surface area contributed by atoms with Crippen LogP contribution in [0.4, 0.5) is 10.1 Å². The minimum Gasteiger partial charge on any atom is -0.481 e. The quantitative estimate of drug-likeness (QED) is 0.477. The second-order valence-corrected chi connectivity index (χ2v) is 5.37. The van der Waals surface area contributed by atoms with Gasteiger partial charge in [0.25, 0.3) is 0 Å². The molecule has 8 heteroatoms. The largest absolute Gasteiger partial charge is 0.481 e. The number of aromatic nitrogens is 3. The summed E-state index contributed by atoms with van der Waals surface area (Å²) in [6.45, 7) is 3.76. The van der Waals surface area contributed by atoms with Crippen LogP contribution >= 0.6 is 0 Å². The lowest BCUT2D eigenvalue weighted by Crippen LogP contribution is -2.19. The molecule has 0 aliphatic carbocycles. The molecule has 0 saturated heterocycles. The number of H-pyrrole nitrogens is 1. The van der Waals surface area contributed by atoms with Crippen molar-refractivity contribution in [2.75, 3.05) is 12.4 Å². The van der Waals surface area contributed by atoms with E-state index in [4.69, 9.17) is 10.1 Å². The molecule has 0 bridgehead atoms. The van der Waals surface area contributed by atoms with Gasteiger partial charge in [0.05, 0.1) is 24.7 Å². The van der Waals surface area contributed by atoms with Crippen LogP contribution in [0.25, 0.3) is 6.08 Å². The molecule has 0 spiro atoms. The summed E-state index contributed by atoms with van der Waals surface area (Å²) >= 11 is 0. The van der Waals surface area contributed by atoms with Crippen molar-refractivity contribution < 1.29 is 9.13 Å². The van der Waals surface area contributed by atoms with Crippen LogP contribution in [0.5, 0.6) is 5.88 Å². The zero-order valence-electron chi connectivity index (χ0n) is 14.5. The smallest absolute Gasteiger partial charge is 0.213 e. The Morgan fingerprint density at radius 3 is 2.96 bits per heavy atom. The van der Waals surface area contributed by atoms with Crippen molar-refractivity contribution in [1.29, 1.82) is 5.41 Å². The van der Waals surface area contributed by atoms with Gasteiger partial charge in [0.15, 0.2) is 17.5 Å². The minimum absolute atomic E-state index is 0.115. The third-order valence-electron chi connectivity index (χ3n) is 3.66. The van der Waals surface area contributed by atoms with E-state index in [-0.39, 0.29) is 17.4 Å². The number of halogens is 1. The zero-order chi connectivity index (χ0) is 19.2. The monoisotopic (exact) mass is 364 g/mol. The Labute approximate surface area is 155 Å². The molecular formula is C19H17FN6O. The molecule has 7 nitrogen and oxygen atoms in total. The summed E-state index contributed by atoms with van der Waals surface area (Å²) in [5.74, 6) is -0.0400. The molecule has 3 aromatic heterocycles. The van der Waals surface area contributed by atoms with Gasteiger partial charge in [0.2, 0.25) is 5.88 Å². The fraction of sp³-hybridized carbons (Fsp3) is 0.0526. The van der Waals surface area contributed by atoms with Crippen LogP contribution in [0.1, 0.15) is 17.0 Å². The van der Waals surface area contributed by atoms with E-state index in [2.05, 4.69) is 31.8 Å². The summed E-state index contributed by atoms with van der Waals surface area (Å²) < 4.78 is 19.1. The van der Waals surface area contributed by atoms with Gasteiger partial charge in [-0.05, 0) is 18.2 Å². The Hall–Kier alpha value is -3.81. The Bertz CT molecular complexity index is 1010. The van der Waals surface area contributed by atoms with Gasteiger partial charge >= 0.3 is 0 Å². The van der Waals surface area contributed by atoms with Gasteiger partial charge in [0.1, 0.15) is 5.69 Å². The maximum atomic E-state index is 14.0. The van der Waals surface area contributed by atoms with Crippen molar-refractivity contribution in [1.82, 2.24) is 15.0 Å². The number of pyridine rings is 2. The molecule has 0 fully saturated rings. The summed E-state index contributed by atoms with van der Waals surface area (Å²) in [5, 5.41) is 11.2. The lowest BCUT2D eigenvalue weighted by molar-refractivity contribution is 0.397. The van der Waals surface area contributed by atoms with Gasteiger partial charge in [-0.15, -0.1) is 0 Å². The molecule has 136 valence electrons. The first kappa shape index (κ1) is 18.0. The summed E-state index contributed by atoms with van der Waals surface area (Å²) in [6, 6.07) is 8.31. The van der Waals surface area contributed by atoms with Crippen LogP contribution < -0.4 is 10.1 Å². The maximum Gasteiger partial charge on any atom is 0.213 e. The highest BCUT2D eigenvalue weighted by atomic mass is 19.1. The van der Waals surface area contributed by atoms with E-state index in [0.717, 1.165) is 11.8 Å². The molecule has 3 heterocycles. The minimum atomic E-state index is -0.539. The van der Waals surface area contributed by atoms with Crippen LogP contribution in [-0.2, 0) is 0 Å². The van der Waals surface area contributed by atoms with E-state index < -0.39 is 5.82 Å². The molecule has 0 unspecified atom stereocenters. The lowest BCUT2D eigenvalue weighted by Gasteiger charge is -2.11. The summed E-state index contributed by atoms with van der Waals surface area (Å²) in [4.78, 5) is 15.3. The van der Waals surface area contributed by atoms with Gasteiger partial charge < -0.3 is 15.0 Å². The van der Waals surface area contributed by atoms with Gasteiger partial charge in [0, 0.05) is 24.0 Å². The van der Waals surface area contributed by atoms with Crippen molar-refractivity contribution in [3.05, 3.63) is 78.3 Å². The number of rotatable bonds is 5. The van der Waals surface area contributed by atoms with E-state index in [1.165, 1.54) is 19.4 Å². The van der Waals surface area contributed by atoms with Crippen molar-refractivity contribution >= 4 is 23.4 Å². The van der Waals surface area contributed by atoms with E-state index in [0.29, 0.717) is 17.3 Å². The van der Waals surface area contributed by atoms with Crippen molar-refractivity contribution in [2.24, 2.45) is 4.99 Å². The van der Waals surface area contributed by atoms with Crippen LogP contribution in [0.15, 0.2) is 60.5 Å². The Morgan fingerprint density at radius 1 is 1.37 bits per heavy atom. The molecule has 0 saturated carbocycles. The highest BCUT2D eigenvalue weighted by Gasteiger charge is 2.14. The third-order valence-corrected chi connectivity index (χ3v) is 3.66. The molecule has 0 radical (unpaired) electrons. The van der Waals surface area contributed by atoms with E-state index in [1.54, 1.807) is 36.5 Å². The van der Waals surface area contributed by atoms with E-state index in [1.807, 2.05) is 0 Å². The van der Waals surface area contributed by atoms with Crippen LogP contribution in [-0.4, -0.2) is 33.7 Å². The Morgan fingerprint density at radius 2 is 2.22 bits per heavy atom. The fourth-order valence-corrected chi connectivity index (χ4v) is 2.34. The summed E-state index contributed by atoms with van der Waals surface area (Å²) in [5.41, 5.74) is 1.81. The third kappa shape index (κ3) is 4.06. The number of nitrogens with zero attached hydrogens (tertiary/aromatic N) is 3. The van der Waals surface area contributed by atoms with Crippen LogP contribution in [0.3, 0.4) is 0 Å². The average molecular weight is 364 g/mol. The predicted molar refractivity (Wildman–Crippen MR) is 103 cm³/mol. The molecule has 0 aliphatic rings.